The number of thioether (sulfide) groups is 1. The smallest absolute Gasteiger partial charge is 0.283 e. The molecule has 138 valence electrons. The molecule has 0 aliphatic carbocycles. The standard InChI is InChI=1S/C20H14N4O3S/c1-11-3-2-4-13(7-11)19-23-24-17(21)14(18(25)22-20(24)28-19)8-12-5-6-15-16(9-12)27-10-26-15/h2-9,21H,10H2,1H3. The molecule has 0 saturated carbocycles. The fourth-order valence-electron chi connectivity index (χ4n) is 3.06. The zero-order valence-corrected chi connectivity index (χ0v) is 15.6. The molecule has 3 aliphatic heterocycles. The van der Waals surface area contributed by atoms with Crippen molar-refractivity contribution in [2.45, 2.75) is 6.92 Å². The van der Waals surface area contributed by atoms with Crippen molar-refractivity contribution in [3.63, 3.8) is 0 Å². The number of ether oxygens (including phenoxy) is 2. The van der Waals surface area contributed by atoms with Crippen LogP contribution in [-0.2, 0) is 4.79 Å². The van der Waals surface area contributed by atoms with Gasteiger partial charge in [0.15, 0.2) is 17.3 Å². The minimum absolute atomic E-state index is 0.00261. The zero-order valence-electron chi connectivity index (χ0n) is 14.8. The molecule has 2 aromatic carbocycles. The average Bonchev–Trinajstić information content (AvgIpc) is 3.31. The lowest BCUT2D eigenvalue weighted by Crippen LogP contribution is -2.35. The van der Waals surface area contributed by atoms with Crippen LogP contribution in [0.3, 0.4) is 0 Å². The highest BCUT2D eigenvalue weighted by Crippen LogP contribution is 2.34. The molecular formula is C20H14N4O3S. The summed E-state index contributed by atoms with van der Waals surface area (Å²) in [4.78, 5) is 16.7. The van der Waals surface area contributed by atoms with E-state index in [1.165, 1.54) is 16.8 Å². The Hall–Kier alpha value is -3.39. The van der Waals surface area contributed by atoms with E-state index in [9.17, 15) is 4.79 Å². The molecule has 7 nitrogen and oxygen atoms in total. The lowest BCUT2D eigenvalue weighted by molar-refractivity contribution is -0.114. The van der Waals surface area contributed by atoms with E-state index in [0.717, 1.165) is 16.7 Å². The third-order valence-electron chi connectivity index (χ3n) is 4.43. The first-order valence-electron chi connectivity index (χ1n) is 8.55. The van der Waals surface area contributed by atoms with Gasteiger partial charge in [0.2, 0.25) is 12.0 Å². The summed E-state index contributed by atoms with van der Waals surface area (Å²) < 4.78 is 10.7. The predicted molar refractivity (Wildman–Crippen MR) is 108 cm³/mol. The van der Waals surface area contributed by atoms with Gasteiger partial charge in [-0.2, -0.15) is 15.1 Å². The number of amidine groups is 2. The topological polar surface area (TPSA) is 87.3 Å². The van der Waals surface area contributed by atoms with Crippen molar-refractivity contribution in [1.82, 2.24) is 5.01 Å². The van der Waals surface area contributed by atoms with Gasteiger partial charge in [0.1, 0.15) is 5.04 Å². The first-order valence-corrected chi connectivity index (χ1v) is 9.37. The van der Waals surface area contributed by atoms with E-state index in [1.54, 1.807) is 24.3 Å². The van der Waals surface area contributed by atoms with Gasteiger partial charge < -0.3 is 9.47 Å². The van der Waals surface area contributed by atoms with Crippen LogP contribution in [0.15, 0.2) is 58.1 Å². The maximum atomic E-state index is 12.5. The second-order valence-electron chi connectivity index (χ2n) is 6.41. The monoisotopic (exact) mass is 390 g/mol. The third kappa shape index (κ3) is 2.78. The van der Waals surface area contributed by atoms with Crippen molar-refractivity contribution in [2.75, 3.05) is 6.79 Å². The number of aliphatic imine (C=N–C) groups is 1. The van der Waals surface area contributed by atoms with Crippen molar-refractivity contribution in [3.8, 4) is 11.5 Å². The molecule has 0 aromatic heterocycles. The van der Waals surface area contributed by atoms with Gasteiger partial charge in [0.05, 0.1) is 5.57 Å². The number of nitrogens with zero attached hydrogens (tertiary/aromatic N) is 3. The molecule has 0 atom stereocenters. The van der Waals surface area contributed by atoms with Crippen LogP contribution in [0.2, 0.25) is 0 Å². The largest absolute Gasteiger partial charge is 0.454 e. The normalized spacial score (nSPS) is 19.0. The average molecular weight is 390 g/mol. The van der Waals surface area contributed by atoms with Crippen LogP contribution < -0.4 is 9.47 Å². The third-order valence-corrected chi connectivity index (χ3v) is 5.38. The lowest BCUT2D eigenvalue weighted by Gasteiger charge is -2.20. The van der Waals surface area contributed by atoms with E-state index in [1.807, 2.05) is 31.2 Å². The molecule has 2 aromatic rings. The number of carbonyl (C=O) groups is 1. The van der Waals surface area contributed by atoms with Gasteiger partial charge in [-0.1, -0.05) is 29.8 Å². The maximum Gasteiger partial charge on any atom is 0.283 e. The Morgan fingerprint density at radius 3 is 2.89 bits per heavy atom. The minimum atomic E-state index is -0.456. The molecule has 8 heteroatoms. The molecule has 1 amide bonds. The summed E-state index contributed by atoms with van der Waals surface area (Å²) in [7, 11) is 0. The van der Waals surface area contributed by atoms with Crippen molar-refractivity contribution in [2.24, 2.45) is 10.1 Å². The zero-order chi connectivity index (χ0) is 19.3. The molecule has 1 N–H and O–H groups in total. The van der Waals surface area contributed by atoms with Crippen LogP contribution in [0, 0.1) is 12.3 Å². The SMILES string of the molecule is Cc1cccc(C2=NN3C(=N)C(=Cc4ccc5c(c4)OCO5)C(=O)N=C3S2)c1. The van der Waals surface area contributed by atoms with Crippen molar-refractivity contribution < 1.29 is 14.3 Å². The fourth-order valence-corrected chi connectivity index (χ4v) is 3.94. The van der Waals surface area contributed by atoms with Crippen molar-refractivity contribution in [1.29, 1.82) is 5.41 Å². The second-order valence-corrected chi connectivity index (χ2v) is 7.36. The Balaban J connectivity index is 1.49. The van der Waals surface area contributed by atoms with Gasteiger partial charge >= 0.3 is 0 Å². The number of aryl methyl sites for hydroxylation is 1. The van der Waals surface area contributed by atoms with Gasteiger partial charge in [-0.15, -0.1) is 0 Å². The van der Waals surface area contributed by atoms with Crippen molar-refractivity contribution >= 4 is 39.8 Å². The lowest BCUT2D eigenvalue weighted by atomic mass is 10.1. The number of amides is 1. The Bertz CT molecular complexity index is 1140. The highest BCUT2D eigenvalue weighted by molar-refractivity contribution is 8.27. The number of hydrogen-bond donors (Lipinski definition) is 1. The van der Waals surface area contributed by atoms with E-state index in [-0.39, 0.29) is 18.2 Å². The van der Waals surface area contributed by atoms with Crippen LogP contribution in [0.5, 0.6) is 11.5 Å². The summed E-state index contributed by atoms with van der Waals surface area (Å²) in [6.07, 6.45) is 1.62. The highest BCUT2D eigenvalue weighted by Gasteiger charge is 2.36. The molecule has 0 fully saturated rings. The molecule has 0 unspecified atom stereocenters. The van der Waals surface area contributed by atoms with Crippen LogP contribution in [0.1, 0.15) is 16.7 Å². The summed E-state index contributed by atoms with van der Waals surface area (Å²) in [5, 5.41) is 15.5. The van der Waals surface area contributed by atoms with E-state index >= 15 is 0 Å². The number of fused-ring (bicyclic) bond motifs is 2. The predicted octanol–water partition coefficient (Wildman–Crippen LogP) is 3.39. The molecule has 3 aliphatic rings. The van der Waals surface area contributed by atoms with Gasteiger partial charge in [0.25, 0.3) is 5.91 Å². The molecular weight excluding hydrogens is 376 g/mol. The van der Waals surface area contributed by atoms with Gasteiger partial charge in [-0.3, -0.25) is 10.2 Å². The molecule has 3 heterocycles. The Morgan fingerprint density at radius 1 is 1.18 bits per heavy atom. The molecule has 0 bridgehead atoms. The fraction of sp³-hybridized carbons (Fsp3) is 0.100. The number of rotatable bonds is 2. The van der Waals surface area contributed by atoms with Crippen LogP contribution in [0.4, 0.5) is 0 Å². The summed E-state index contributed by atoms with van der Waals surface area (Å²) in [6.45, 7) is 2.19. The summed E-state index contributed by atoms with van der Waals surface area (Å²) in [6, 6.07) is 13.3. The molecule has 0 spiro atoms. The molecule has 0 saturated heterocycles. The highest BCUT2D eigenvalue weighted by atomic mass is 32.2. The number of hydrogen-bond acceptors (Lipinski definition) is 6. The summed E-state index contributed by atoms with van der Waals surface area (Å²) in [5.41, 5.74) is 2.95. The van der Waals surface area contributed by atoms with Crippen LogP contribution >= 0.6 is 11.8 Å². The van der Waals surface area contributed by atoms with Crippen LogP contribution in [0.25, 0.3) is 6.08 Å². The first kappa shape index (κ1) is 16.8. The molecule has 5 rings (SSSR count). The maximum absolute atomic E-state index is 12.5. The summed E-state index contributed by atoms with van der Waals surface area (Å²) in [5.74, 6) is 0.825. The first-order chi connectivity index (χ1) is 13.6. The number of nitrogens with one attached hydrogen (secondary N) is 1. The quantitative estimate of drug-likeness (QED) is 0.794. The molecule has 28 heavy (non-hydrogen) atoms. The summed E-state index contributed by atoms with van der Waals surface area (Å²) >= 11 is 1.29. The van der Waals surface area contributed by atoms with Gasteiger partial charge in [-0.25, -0.2) is 0 Å². The Kier molecular flexibility index (Phi) is 3.80. The van der Waals surface area contributed by atoms with E-state index in [0.29, 0.717) is 21.7 Å². The van der Waals surface area contributed by atoms with Gasteiger partial charge in [0, 0.05) is 5.56 Å². The Labute approximate surface area is 164 Å². The second kappa shape index (κ2) is 6.35. The van der Waals surface area contributed by atoms with Crippen molar-refractivity contribution in [3.05, 3.63) is 64.7 Å². The Morgan fingerprint density at radius 2 is 2.04 bits per heavy atom. The van der Waals surface area contributed by atoms with Crippen LogP contribution in [-0.4, -0.2) is 33.8 Å². The number of benzene rings is 2. The minimum Gasteiger partial charge on any atom is -0.454 e. The van der Waals surface area contributed by atoms with Gasteiger partial charge in [-0.05, 0) is 48.5 Å². The number of carbonyl (C=O) groups excluding carboxylic acids is 1. The number of hydrazone groups is 1. The van der Waals surface area contributed by atoms with E-state index in [2.05, 4.69) is 10.1 Å². The van der Waals surface area contributed by atoms with E-state index in [4.69, 9.17) is 14.9 Å². The molecule has 0 radical (unpaired) electrons. The van der Waals surface area contributed by atoms with E-state index < -0.39 is 5.91 Å².